The minimum absolute atomic E-state index is 0.118. The summed E-state index contributed by atoms with van der Waals surface area (Å²) >= 11 is 6.86. The molecule has 3 aromatic rings. The highest BCUT2D eigenvalue weighted by molar-refractivity contribution is 8.26. The number of nitrogens with zero attached hydrogens (tertiary/aromatic N) is 5. The van der Waals surface area contributed by atoms with Gasteiger partial charge in [0, 0.05) is 44.1 Å². The molecule has 2 aromatic heterocycles. The van der Waals surface area contributed by atoms with Gasteiger partial charge in [-0.15, -0.1) is 0 Å². The molecule has 0 N–H and O–H groups in total. The zero-order chi connectivity index (χ0) is 26.4. The SMILES string of the molecule is Cc1cccn2c(=O)c(/C=C3\SC(=S)N(C4CCCC4)C3=O)c(N3CCN(c4ccc(F)cc4)CC3)nc12. The Balaban J connectivity index is 1.37. The molecule has 0 unspecified atom stereocenters. The first-order valence-electron chi connectivity index (χ1n) is 13.0. The van der Waals surface area contributed by atoms with E-state index in [4.69, 9.17) is 17.2 Å². The summed E-state index contributed by atoms with van der Waals surface area (Å²) < 4.78 is 15.5. The van der Waals surface area contributed by atoms with Crippen LogP contribution in [0.2, 0.25) is 0 Å². The van der Waals surface area contributed by atoms with Crippen molar-refractivity contribution in [3.63, 3.8) is 0 Å². The lowest BCUT2D eigenvalue weighted by atomic mass is 10.1. The van der Waals surface area contributed by atoms with Gasteiger partial charge < -0.3 is 9.80 Å². The number of carbonyl (C=O) groups excluding carboxylic acids is 1. The van der Waals surface area contributed by atoms with Crippen molar-refractivity contribution >= 4 is 57.4 Å². The summed E-state index contributed by atoms with van der Waals surface area (Å²) in [6.07, 6.45) is 7.54. The van der Waals surface area contributed by atoms with Gasteiger partial charge in [0.15, 0.2) is 0 Å². The third kappa shape index (κ3) is 4.49. The lowest BCUT2D eigenvalue weighted by Crippen LogP contribution is -2.47. The topological polar surface area (TPSA) is 61.2 Å². The van der Waals surface area contributed by atoms with Gasteiger partial charge in [0.05, 0.1) is 10.5 Å². The third-order valence-electron chi connectivity index (χ3n) is 7.62. The van der Waals surface area contributed by atoms with Crippen molar-refractivity contribution in [1.29, 1.82) is 0 Å². The molecule has 0 spiro atoms. The van der Waals surface area contributed by atoms with Crippen molar-refractivity contribution in [2.75, 3.05) is 36.0 Å². The molecule has 1 aliphatic carbocycles. The molecule has 3 aliphatic rings. The Kier molecular flexibility index (Phi) is 6.69. The summed E-state index contributed by atoms with van der Waals surface area (Å²) in [6, 6.07) is 10.4. The van der Waals surface area contributed by atoms with Crippen molar-refractivity contribution in [1.82, 2.24) is 14.3 Å². The van der Waals surface area contributed by atoms with E-state index in [1.54, 1.807) is 33.7 Å². The number of amides is 1. The second-order valence-corrected chi connectivity index (χ2v) is 11.7. The van der Waals surface area contributed by atoms with Gasteiger partial charge in [-0.3, -0.25) is 18.9 Å². The van der Waals surface area contributed by atoms with Gasteiger partial charge in [-0.25, -0.2) is 9.37 Å². The summed E-state index contributed by atoms with van der Waals surface area (Å²) in [6.45, 7) is 4.60. The summed E-state index contributed by atoms with van der Waals surface area (Å²) in [5.74, 6) is 0.202. The Bertz CT molecular complexity index is 1510. The maximum Gasteiger partial charge on any atom is 0.267 e. The number of thioether (sulfide) groups is 1. The molecule has 10 heteroatoms. The Hall–Kier alpha value is -3.24. The van der Waals surface area contributed by atoms with Crippen LogP contribution in [0, 0.1) is 12.7 Å². The first-order valence-corrected chi connectivity index (χ1v) is 14.2. The number of anilines is 2. The zero-order valence-corrected chi connectivity index (χ0v) is 22.7. The lowest BCUT2D eigenvalue weighted by molar-refractivity contribution is -0.123. The smallest absolute Gasteiger partial charge is 0.267 e. The highest BCUT2D eigenvalue weighted by Crippen LogP contribution is 2.38. The number of aryl methyl sites for hydroxylation is 1. The van der Waals surface area contributed by atoms with Crippen LogP contribution in [0.3, 0.4) is 0 Å². The number of thiocarbonyl (C=S) groups is 1. The van der Waals surface area contributed by atoms with Crippen molar-refractivity contribution < 1.29 is 9.18 Å². The quantitative estimate of drug-likeness (QED) is 0.348. The molecule has 0 bridgehead atoms. The fraction of sp³-hybridized carbons (Fsp3) is 0.357. The highest BCUT2D eigenvalue weighted by atomic mass is 32.2. The van der Waals surface area contributed by atoms with Crippen molar-refractivity contribution in [2.24, 2.45) is 0 Å². The number of rotatable bonds is 4. The summed E-state index contributed by atoms with van der Waals surface area (Å²) in [5, 5.41) is 0. The van der Waals surface area contributed by atoms with Crippen LogP contribution in [-0.2, 0) is 4.79 Å². The van der Waals surface area contributed by atoms with Crippen LogP contribution in [0.25, 0.3) is 11.7 Å². The number of benzene rings is 1. The maximum absolute atomic E-state index is 13.8. The molecule has 2 aliphatic heterocycles. The molecule has 38 heavy (non-hydrogen) atoms. The molecule has 1 amide bonds. The fourth-order valence-electron chi connectivity index (χ4n) is 5.58. The van der Waals surface area contributed by atoms with E-state index in [2.05, 4.69) is 9.80 Å². The van der Waals surface area contributed by atoms with Crippen LogP contribution in [0.5, 0.6) is 0 Å². The number of aromatic nitrogens is 2. The van der Waals surface area contributed by atoms with Crippen LogP contribution >= 0.6 is 24.0 Å². The van der Waals surface area contributed by atoms with E-state index in [9.17, 15) is 14.0 Å². The predicted molar refractivity (Wildman–Crippen MR) is 154 cm³/mol. The molecule has 4 heterocycles. The number of halogens is 1. The molecular weight excluding hydrogens is 521 g/mol. The van der Waals surface area contributed by atoms with Crippen molar-refractivity contribution in [2.45, 2.75) is 38.6 Å². The van der Waals surface area contributed by atoms with E-state index in [-0.39, 0.29) is 23.3 Å². The van der Waals surface area contributed by atoms with E-state index >= 15 is 0 Å². The van der Waals surface area contributed by atoms with Gasteiger partial charge >= 0.3 is 0 Å². The number of fused-ring (bicyclic) bond motifs is 1. The van der Waals surface area contributed by atoms with E-state index < -0.39 is 0 Å². The van der Waals surface area contributed by atoms with Crippen LogP contribution in [0.4, 0.5) is 15.9 Å². The minimum atomic E-state index is -0.258. The van der Waals surface area contributed by atoms with Gasteiger partial charge in [0.1, 0.15) is 21.6 Å². The van der Waals surface area contributed by atoms with E-state index in [1.165, 1.54) is 23.9 Å². The highest BCUT2D eigenvalue weighted by Gasteiger charge is 2.38. The van der Waals surface area contributed by atoms with E-state index in [1.807, 2.05) is 19.1 Å². The summed E-state index contributed by atoms with van der Waals surface area (Å²) in [7, 11) is 0. The van der Waals surface area contributed by atoms with Crippen molar-refractivity contribution in [3.8, 4) is 0 Å². The molecule has 1 aromatic carbocycles. The standard InChI is InChI=1S/C28H28FN5O2S2/c1-18-5-4-12-33-24(18)30-25(32-15-13-31(14-16-32)20-10-8-19(29)9-11-20)22(26(33)35)17-23-27(36)34(28(37)38-23)21-6-2-3-7-21/h4-5,8-12,17,21H,2-3,6-7,13-16H2,1H3/b23-17-. The number of carbonyl (C=O) groups is 1. The zero-order valence-electron chi connectivity index (χ0n) is 21.1. The summed E-state index contributed by atoms with van der Waals surface area (Å²) in [5.41, 5.74) is 2.65. The van der Waals surface area contributed by atoms with Gasteiger partial charge in [0.2, 0.25) is 0 Å². The Morgan fingerprint density at radius 3 is 2.42 bits per heavy atom. The molecule has 6 rings (SSSR count). The van der Waals surface area contributed by atoms with E-state index in [0.717, 1.165) is 36.9 Å². The second-order valence-electron chi connectivity index (χ2n) is 9.98. The van der Waals surface area contributed by atoms with Crippen LogP contribution in [0.1, 0.15) is 36.8 Å². The molecule has 0 radical (unpaired) electrons. The Morgan fingerprint density at radius 2 is 1.71 bits per heavy atom. The molecule has 1 saturated carbocycles. The van der Waals surface area contributed by atoms with Gasteiger partial charge in [-0.05, 0) is 61.7 Å². The maximum atomic E-state index is 13.8. The van der Waals surface area contributed by atoms with Gasteiger partial charge in [-0.2, -0.15) is 0 Å². The van der Waals surface area contributed by atoms with Crippen LogP contribution < -0.4 is 15.4 Å². The second kappa shape index (κ2) is 10.1. The van der Waals surface area contributed by atoms with Crippen molar-refractivity contribution in [3.05, 3.63) is 74.8 Å². The number of hydrogen-bond donors (Lipinski definition) is 0. The Labute approximate surface area is 229 Å². The molecular formula is C28H28FN5O2S2. The van der Waals surface area contributed by atoms with Crippen LogP contribution in [0.15, 0.2) is 52.3 Å². The van der Waals surface area contributed by atoms with Gasteiger partial charge in [-0.1, -0.05) is 42.9 Å². The lowest BCUT2D eigenvalue weighted by Gasteiger charge is -2.37. The van der Waals surface area contributed by atoms with E-state index in [0.29, 0.717) is 52.4 Å². The average molecular weight is 550 g/mol. The number of hydrogen-bond acceptors (Lipinski definition) is 7. The van der Waals surface area contributed by atoms with Gasteiger partial charge in [0.25, 0.3) is 11.5 Å². The number of piperazine rings is 1. The third-order valence-corrected chi connectivity index (χ3v) is 8.95. The minimum Gasteiger partial charge on any atom is -0.368 e. The average Bonchev–Trinajstić information content (AvgIpc) is 3.54. The Morgan fingerprint density at radius 1 is 1.03 bits per heavy atom. The first-order chi connectivity index (χ1) is 18.4. The molecule has 196 valence electrons. The predicted octanol–water partition coefficient (Wildman–Crippen LogP) is 4.61. The normalized spacial score (nSPS) is 19.9. The largest absolute Gasteiger partial charge is 0.368 e. The number of pyridine rings is 1. The fourth-order valence-corrected chi connectivity index (χ4v) is 6.97. The van der Waals surface area contributed by atoms with Crippen LogP contribution in [-0.4, -0.2) is 56.7 Å². The molecule has 3 fully saturated rings. The monoisotopic (exact) mass is 549 g/mol. The first kappa shape index (κ1) is 25.1. The molecule has 0 atom stereocenters. The molecule has 2 saturated heterocycles. The molecule has 7 nitrogen and oxygen atoms in total. The summed E-state index contributed by atoms with van der Waals surface area (Å²) in [4.78, 5) is 38.7.